The van der Waals surface area contributed by atoms with E-state index in [1.54, 1.807) is 0 Å². The van der Waals surface area contributed by atoms with Gasteiger partial charge in [0.25, 0.3) is 0 Å². The van der Waals surface area contributed by atoms with Crippen molar-refractivity contribution in [2.24, 2.45) is 11.8 Å². The molecule has 66 valence electrons. The second-order valence-electron chi connectivity index (χ2n) is 4.38. The zero-order valence-electron chi connectivity index (χ0n) is 8.14. The summed E-state index contributed by atoms with van der Waals surface area (Å²) in [6.45, 7) is 10.9. The molecule has 1 nitrogen and oxygen atoms in total. The van der Waals surface area contributed by atoms with Gasteiger partial charge in [-0.2, -0.15) is 0 Å². The second kappa shape index (κ2) is 4.10. The summed E-state index contributed by atoms with van der Waals surface area (Å²) in [5, 5.41) is 0. The molecule has 0 atom stereocenters. The molecule has 1 fully saturated rings. The normalized spacial score (nSPS) is 22.9. The van der Waals surface area contributed by atoms with Gasteiger partial charge in [0.15, 0.2) is 0 Å². The zero-order valence-corrected chi connectivity index (χ0v) is 8.14. The predicted octanol–water partition coefficient (Wildman–Crippen LogP) is 2.37. The van der Waals surface area contributed by atoms with Crippen molar-refractivity contribution < 1.29 is 0 Å². The van der Waals surface area contributed by atoms with Gasteiger partial charge < -0.3 is 4.90 Å². The fraction of sp³-hybridized carbons (Fsp3) is 1.00. The van der Waals surface area contributed by atoms with Crippen LogP contribution in [-0.4, -0.2) is 24.5 Å². The molecule has 1 rings (SSSR count). The molecule has 0 aliphatic carbocycles. The maximum Gasteiger partial charge on any atom is 0.000439 e. The third kappa shape index (κ3) is 3.24. The summed E-state index contributed by atoms with van der Waals surface area (Å²) >= 11 is 0. The number of nitrogens with zero attached hydrogens (tertiary/aromatic N) is 1. The van der Waals surface area contributed by atoms with Crippen molar-refractivity contribution in [2.75, 3.05) is 19.6 Å². The predicted molar refractivity (Wildman–Crippen MR) is 49.7 cm³/mol. The zero-order chi connectivity index (χ0) is 8.27. The SMILES string of the molecule is CC(C)CN1CCC(C)CC1. The first-order chi connectivity index (χ1) is 5.18. The molecule has 0 saturated carbocycles. The molecule has 11 heavy (non-hydrogen) atoms. The summed E-state index contributed by atoms with van der Waals surface area (Å²) in [6, 6.07) is 0. The summed E-state index contributed by atoms with van der Waals surface area (Å²) in [5.41, 5.74) is 0. The lowest BCUT2D eigenvalue weighted by atomic mass is 9.98. The van der Waals surface area contributed by atoms with E-state index in [0.717, 1.165) is 11.8 Å². The lowest BCUT2D eigenvalue weighted by Crippen LogP contribution is -2.35. The molecule has 0 aromatic carbocycles. The molecule has 0 unspecified atom stereocenters. The Balaban J connectivity index is 2.17. The van der Waals surface area contributed by atoms with Crippen LogP contribution in [0.15, 0.2) is 0 Å². The van der Waals surface area contributed by atoms with E-state index in [1.807, 2.05) is 0 Å². The van der Waals surface area contributed by atoms with E-state index in [9.17, 15) is 0 Å². The van der Waals surface area contributed by atoms with E-state index in [0.29, 0.717) is 0 Å². The van der Waals surface area contributed by atoms with Crippen LogP contribution in [0.1, 0.15) is 33.6 Å². The minimum Gasteiger partial charge on any atom is -0.303 e. The van der Waals surface area contributed by atoms with Crippen molar-refractivity contribution in [3.8, 4) is 0 Å². The number of hydrogen-bond acceptors (Lipinski definition) is 1. The highest BCUT2D eigenvalue weighted by atomic mass is 15.1. The van der Waals surface area contributed by atoms with Gasteiger partial charge in [-0.1, -0.05) is 20.8 Å². The lowest BCUT2D eigenvalue weighted by Gasteiger charge is -2.31. The third-order valence-electron chi connectivity index (χ3n) is 2.50. The van der Waals surface area contributed by atoms with Gasteiger partial charge in [0.2, 0.25) is 0 Å². The Morgan fingerprint density at radius 2 is 1.82 bits per heavy atom. The molecular weight excluding hydrogens is 134 g/mol. The Hall–Kier alpha value is -0.0400. The molecule has 0 amide bonds. The van der Waals surface area contributed by atoms with Crippen molar-refractivity contribution in [1.29, 1.82) is 0 Å². The minimum absolute atomic E-state index is 0.836. The van der Waals surface area contributed by atoms with Crippen molar-refractivity contribution >= 4 is 0 Å². The molecule has 0 N–H and O–H groups in total. The van der Waals surface area contributed by atoms with Crippen LogP contribution in [0, 0.1) is 11.8 Å². The minimum atomic E-state index is 0.836. The van der Waals surface area contributed by atoms with Gasteiger partial charge in [0.1, 0.15) is 0 Å². The Morgan fingerprint density at radius 1 is 1.27 bits per heavy atom. The van der Waals surface area contributed by atoms with Crippen molar-refractivity contribution in [3.63, 3.8) is 0 Å². The van der Waals surface area contributed by atoms with Crippen LogP contribution in [0.5, 0.6) is 0 Å². The monoisotopic (exact) mass is 155 g/mol. The molecule has 0 bridgehead atoms. The largest absolute Gasteiger partial charge is 0.303 e. The van der Waals surface area contributed by atoms with Gasteiger partial charge in [0, 0.05) is 6.54 Å². The van der Waals surface area contributed by atoms with Gasteiger partial charge in [0.05, 0.1) is 0 Å². The summed E-state index contributed by atoms with van der Waals surface area (Å²) < 4.78 is 0. The van der Waals surface area contributed by atoms with Crippen LogP contribution >= 0.6 is 0 Å². The third-order valence-corrected chi connectivity index (χ3v) is 2.50. The van der Waals surface area contributed by atoms with Crippen molar-refractivity contribution in [1.82, 2.24) is 4.90 Å². The summed E-state index contributed by atoms with van der Waals surface area (Å²) in [4.78, 5) is 2.60. The van der Waals surface area contributed by atoms with E-state index >= 15 is 0 Å². The Labute approximate surface area is 70.8 Å². The van der Waals surface area contributed by atoms with Crippen LogP contribution < -0.4 is 0 Å². The fourth-order valence-corrected chi connectivity index (χ4v) is 1.76. The quantitative estimate of drug-likeness (QED) is 0.592. The molecule has 1 aliphatic rings. The van der Waals surface area contributed by atoms with Crippen LogP contribution in [0.4, 0.5) is 0 Å². The van der Waals surface area contributed by atoms with E-state index in [1.165, 1.54) is 32.5 Å². The first-order valence-corrected chi connectivity index (χ1v) is 4.91. The summed E-state index contributed by atoms with van der Waals surface area (Å²) in [5.74, 6) is 1.81. The first-order valence-electron chi connectivity index (χ1n) is 4.91. The van der Waals surface area contributed by atoms with Gasteiger partial charge in [-0.05, 0) is 37.8 Å². The molecule has 0 spiro atoms. The number of piperidine rings is 1. The lowest BCUT2D eigenvalue weighted by molar-refractivity contribution is 0.175. The molecule has 0 aromatic heterocycles. The highest BCUT2D eigenvalue weighted by Gasteiger charge is 2.15. The number of likely N-dealkylation sites (tertiary alicyclic amines) is 1. The van der Waals surface area contributed by atoms with Crippen LogP contribution in [0.2, 0.25) is 0 Å². The van der Waals surface area contributed by atoms with E-state index in [2.05, 4.69) is 25.7 Å². The van der Waals surface area contributed by atoms with Gasteiger partial charge >= 0.3 is 0 Å². The summed E-state index contributed by atoms with van der Waals surface area (Å²) in [6.07, 6.45) is 2.82. The topological polar surface area (TPSA) is 3.24 Å². The maximum atomic E-state index is 2.60. The molecular formula is C10H21N. The van der Waals surface area contributed by atoms with Crippen LogP contribution in [-0.2, 0) is 0 Å². The van der Waals surface area contributed by atoms with E-state index in [4.69, 9.17) is 0 Å². The Bertz CT molecular complexity index is 101. The summed E-state index contributed by atoms with van der Waals surface area (Å²) in [7, 11) is 0. The smallest absolute Gasteiger partial charge is 0.000439 e. The molecule has 1 heterocycles. The van der Waals surface area contributed by atoms with E-state index < -0.39 is 0 Å². The van der Waals surface area contributed by atoms with E-state index in [-0.39, 0.29) is 0 Å². The average molecular weight is 155 g/mol. The standard InChI is InChI=1S/C10H21N/c1-9(2)8-11-6-4-10(3)5-7-11/h9-10H,4-8H2,1-3H3. The number of hydrogen-bond donors (Lipinski definition) is 0. The average Bonchev–Trinajstić information content (AvgIpc) is 1.93. The fourth-order valence-electron chi connectivity index (χ4n) is 1.76. The Kier molecular flexibility index (Phi) is 3.38. The molecule has 1 saturated heterocycles. The molecule has 1 heteroatoms. The van der Waals surface area contributed by atoms with Gasteiger partial charge in [-0.25, -0.2) is 0 Å². The molecule has 0 radical (unpaired) electrons. The van der Waals surface area contributed by atoms with Crippen LogP contribution in [0.25, 0.3) is 0 Å². The highest BCUT2D eigenvalue weighted by molar-refractivity contribution is 4.69. The van der Waals surface area contributed by atoms with Crippen LogP contribution in [0.3, 0.4) is 0 Å². The van der Waals surface area contributed by atoms with Gasteiger partial charge in [-0.3, -0.25) is 0 Å². The maximum absolute atomic E-state index is 2.60. The molecule has 1 aliphatic heterocycles. The van der Waals surface area contributed by atoms with Gasteiger partial charge in [-0.15, -0.1) is 0 Å². The number of rotatable bonds is 2. The van der Waals surface area contributed by atoms with Crippen molar-refractivity contribution in [2.45, 2.75) is 33.6 Å². The second-order valence-corrected chi connectivity index (χ2v) is 4.38. The highest BCUT2D eigenvalue weighted by Crippen LogP contribution is 2.16. The molecule has 0 aromatic rings. The van der Waals surface area contributed by atoms with Crippen molar-refractivity contribution in [3.05, 3.63) is 0 Å². The Morgan fingerprint density at radius 3 is 2.27 bits per heavy atom. The first kappa shape index (κ1) is 9.05.